The van der Waals surface area contributed by atoms with Gasteiger partial charge >= 0.3 is 5.97 Å². The van der Waals surface area contributed by atoms with Crippen molar-refractivity contribution in [1.82, 2.24) is 0 Å². The maximum atomic E-state index is 10.6. The number of nitrogens with zero attached hydrogens (tertiary/aromatic N) is 1. The van der Waals surface area contributed by atoms with Crippen molar-refractivity contribution in [3.8, 4) is 6.07 Å². The Morgan fingerprint density at radius 2 is 2.06 bits per heavy atom. The number of hydrogen-bond acceptors (Lipinski definition) is 3. The van der Waals surface area contributed by atoms with E-state index in [-0.39, 0.29) is 13.0 Å². The summed E-state index contributed by atoms with van der Waals surface area (Å²) >= 11 is 0. The number of aliphatic hydroxyl groups is 1. The van der Waals surface area contributed by atoms with Gasteiger partial charge in [0.2, 0.25) is 0 Å². The molecule has 4 heteroatoms. The maximum absolute atomic E-state index is 10.6. The number of carboxylic acid groups (broad SMARTS) is 1. The van der Waals surface area contributed by atoms with Crippen molar-refractivity contribution in [3.63, 3.8) is 0 Å². The summed E-state index contributed by atoms with van der Waals surface area (Å²) in [5.41, 5.74) is 2.40. The third kappa shape index (κ3) is 2.59. The van der Waals surface area contributed by atoms with Crippen LogP contribution in [0, 0.1) is 11.3 Å². The molecule has 0 spiro atoms. The summed E-state index contributed by atoms with van der Waals surface area (Å²) in [5.74, 6) is -0.963. The van der Waals surface area contributed by atoms with Crippen LogP contribution in [0.1, 0.15) is 29.2 Å². The average Bonchev–Trinajstić information content (AvgIpc) is 2.27. The minimum atomic E-state index is -0.963. The van der Waals surface area contributed by atoms with Crippen molar-refractivity contribution in [3.05, 3.63) is 34.4 Å². The van der Waals surface area contributed by atoms with Crippen molar-refractivity contribution in [2.24, 2.45) is 0 Å². The summed E-state index contributed by atoms with van der Waals surface area (Å²) in [6.45, 7) is 1.79. The van der Waals surface area contributed by atoms with Crippen LogP contribution in [-0.2, 0) is 24.2 Å². The van der Waals surface area contributed by atoms with Crippen molar-refractivity contribution >= 4 is 5.97 Å². The van der Waals surface area contributed by atoms with E-state index >= 15 is 0 Å². The van der Waals surface area contributed by atoms with Gasteiger partial charge in [0.25, 0.3) is 0 Å². The lowest BCUT2D eigenvalue weighted by molar-refractivity contribution is -0.136. The Kier molecular flexibility index (Phi) is 4.03. The molecule has 0 bridgehead atoms. The molecule has 0 unspecified atom stereocenters. The average molecular weight is 219 g/mol. The first-order chi connectivity index (χ1) is 7.62. The number of benzene rings is 1. The van der Waals surface area contributed by atoms with Gasteiger partial charge in [0.1, 0.15) is 0 Å². The van der Waals surface area contributed by atoms with Gasteiger partial charge in [0.15, 0.2) is 0 Å². The molecule has 0 aliphatic heterocycles. The van der Waals surface area contributed by atoms with E-state index in [9.17, 15) is 4.79 Å². The third-order valence-electron chi connectivity index (χ3n) is 2.44. The molecule has 16 heavy (non-hydrogen) atoms. The SMILES string of the molecule is CCc1cc(CC(=O)O)c(C#N)cc1CO. The second-order valence-corrected chi connectivity index (χ2v) is 3.47. The first-order valence-electron chi connectivity index (χ1n) is 4.99. The molecule has 0 saturated heterocycles. The molecule has 0 amide bonds. The summed E-state index contributed by atoms with van der Waals surface area (Å²) in [6, 6.07) is 5.21. The van der Waals surface area contributed by atoms with E-state index in [1.54, 1.807) is 12.1 Å². The van der Waals surface area contributed by atoms with Crippen LogP contribution in [0.25, 0.3) is 0 Å². The number of hydrogen-bond donors (Lipinski definition) is 2. The number of carboxylic acids is 1. The zero-order valence-electron chi connectivity index (χ0n) is 9.03. The first-order valence-corrected chi connectivity index (χ1v) is 4.99. The lowest BCUT2D eigenvalue weighted by Crippen LogP contribution is -2.05. The standard InChI is InChI=1S/C12H13NO3/c1-2-8-3-9(5-12(15)16)10(6-13)4-11(8)7-14/h3-4,14H,2,5,7H2,1H3,(H,15,16). The second kappa shape index (κ2) is 5.29. The molecular weight excluding hydrogens is 206 g/mol. The van der Waals surface area contributed by atoms with Crippen molar-refractivity contribution in [2.45, 2.75) is 26.4 Å². The zero-order chi connectivity index (χ0) is 12.1. The van der Waals surface area contributed by atoms with E-state index in [0.717, 1.165) is 5.56 Å². The molecule has 0 aliphatic rings. The van der Waals surface area contributed by atoms with Crippen LogP contribution in [-0.4, -0.2) is 16.2 Å². The highest BCUT2D eigenvalue weighted by Crippen LogP contribution is 2.18. The van der Waals surface area contributed by atoms with Gasteiger partial charge in [0, 0.05) is 0 Å². The Bertz CT molecular complexity index is 446. The van der Waals surface area contributed by atoms with Gasteiger partial charge in [-0.25, -0.2) is 0 Å². The van der Waals surface area contributed by atoms with E-state index in [0.29, 0.717) is 23.1 Å². The van der Waals surface area contributed by atoms with Crippen LogP contribution >= 0.6 is 0 Å². The predicted molar refractivity (Wildman–Crippen MR) is 57.8 cm³/mol. The van der Waals surface area contributed by atoms with Gasteiger partial charge in [-0.2, -0.15) is 5.26 Å². The Hall–Kier alpha value is -1.86. The Labute approximate surface area is 93.8 Å². The Balaban J connectivity index is 3.27. The number of carbonyl (C=O) groups is 1. The molecule has 0 aliphatic carbocycles. The van der Waals surface area contributed by atoms with E-state index in [1.165, 1.54) is 0 Å². The second-order valence-electron chi connectivity index (χ2n) is 3.47. The molecule has 0 radical (unpaired) electrons. The summed E-state index contributed by atoms with van der Waals surface area (Å²) < 4.78 is 0. The van der Waals surface area contributed by atoms with Crippen LogP contribution in [0.3, 0.4) is 0 Å². The van der Waals surface area contributed by atoms with Crippen LogP contribution in [0.4, 0.5) is 0 Å². The number of aliphatic carboxylic acids is 1. The number of rotatable bonds is 4. The van der Waals surface area contributed by atoms with Crippen molar-refractivity contribution < 1.29 is 15.0 Å². The van der Waals surface area contributed by atoms with Gasteiger partial charge < -0.3 is 10.2 Å². The highest BCUT2D eigenvalue weighted by Gasteiger charge is 2.11. The summed E-state index contributed by atoms with van der Waals surface area (Å²) in [4.78, 5) is 10.6. The molecule has 0 saturated carbocycles. The molecule has 2 N–H and O–H groups in total. The highest BCUT2D eigenvalue weighted by molar-refractivity contribution is 5.71. The number of nitriles is 1. The van der Waals surface area contributed by atoms with Gasteiger partial charge in [-0.05, 0) is 29.2 Å². The molecule has 84 valence electrons. The smallest absolute Gasteiger partial charge is 0.307 e. The Morgan fingerprint density at radius 1 is 1.38 bits per heavy atom. The van der Waals surface area contributed by atoms with Gasteiger partial charge in [0.05, 0.1) is 24.7 Å². The van der Waals surface area contributed by atoms with Crippen LogP contribution in [0.5, 0.6) is 0 Å². The minimum Gasteiger partial charge on any atom is -0.481 e. The molecular formula is C12H13NO3. The monoisotopic (exact) mass is 219 g/mol. The summed E-state index contributed by atoms with van der Waals surface area (Å²) in [6.07, 6.45) is 0.538. The minimum absolute atomic E-state index is 0.134. The van der Waals surface area contributed by atoms with Crippen LogP contribution in [0.2, 0.25) is 0 Å². The van der Waals surface area contributed by atoms with E-state index < -0.39 is 5.97 Å². The van der Waals surface area contributed by atoms with Crippen LogP contribution in [0.15, 0.2) is 12.1 Å². The molecule has 0 aromatic heterocycles. The van der Waals surface area contributed by atoms with E-state index in [4.69, 9.17) is 15.5 Å². The maximum Gasteiger partial charge on any atom is 0.307 e. The molecule has 4 nitrogen and oxygen atoms in total. The number of aliphatic hydroxyl groups excluding tert-OH is 1. The lowest BCUT2D eigenvalue weighted by atomic mass is 9.96. The molecule has 0 heterocycles. The fourth-order valence-electron chi connectivity index (χ4n) is 1.63. The van der Waals surface area contributed by atoms with Crippen molar-refractivity contribution in [2.75, 3.05) is 0 Å². The Morgan fingerprint density at radius 3 is 2.50 bits per heavy atom. The zero-order valence-corrected chi connectivity index (χ0v) is 9.03. The fourth-order valence-corrected chi connectivity index (χ4v) is 1.63. The van der Waals surface area contributed by atoms with Gasteiger partial charge in [-0.15, -0.1) is 0 Å². The lowest BCUT2D eigenvalue weighted by Gasteiger charge is -2.09. The van der Waals surface area contributed by atoms with Crippen LogP contribution < -0.4 is 0 Å². The molecule has 1 aromatic carbocycles. The van der Waals surface area contributed by atoms with Gasteiger partial charge in [-0.1, -0.05) is 13.0 Å². The van der Waals surface area contributed by atoms with Crippen molar-refractivity contribution in [1.29, 1.82) is 5.26 Å². The first kappa shape index (κ1) is 12.2. The fraction of sp³-hybridized carbons (Fsp3) is 0.333. The largest absolute Gasteiger partial charge is 0.481 e. The molecule has 1 rings (SSSR count). The predicted octanol–water partition coefficient (Wildman–Crippen LogP) is 1.24. The third-order valence-corrected chi connectivity index (χ3v) is 2.44. The van der Waals surface area contributed by atoms with E-state index in [2.05, 4.69) is 0 Å². The van der Waals surface area contributed by atoms with E-state index in [1.807, 2.05) is 13.0 Å². The van der Waals surface area contributed by atoms with Gasteiger partial charge in [-0.3, -0.25) is 4.79 Å². The quantitative estimate of drug-likeness (QED) is 0.798. The molecule has 0 fully saturated rings. The summed E-state index contributed by atoms with van der Waals surface area (Å²) in [7, 11) is 0. The molecule has 1 aromatic rings. The topological polar surface area (TPSA) is 81.3 Å². The molecule has 0 atom stereocenters. The summed E-state index contributed by atoms with van der Waals surface area (Å²) in [5, 5.41) is 26.7. The highest BCUT2D eigenvalue weighted by atomic mass is 16.4. The normalized spacial score (nSPS) is 9.81. The number of aryl methyl sites for hydroxylation is 1.